The summed E-state index contributed by atoms with van der Waals surface area (Å²) in [6.45, 7) is 5.49. The smallest absolute Gasteiger partial charge is 0.276 e. The Kier molecular flexibility index (Phi) is 4.29. The van der Waals surface area contributed by atoms with Gasteiger partial charge in [-0.15, -0.1) is 0 Å². The number of aliphatic imine (C=N–C) groups is 1. The molecule has 0 bridgehead atoms. The van der Waals surface area contributed by atoms with Crippen LogP contribution in [0.25, 0.3) is 0 Å². The van der Waals surface area contributed by atoms with Crippen LogP contribution in [0.5, 0.6) is 0 Å². The number of hydrogen-bond donors (Lipinski definition) is 1. The molecule has 0 amide bonds. The second kappa shape index (κ2) is 6.14. The van der Waals surface area contributed by atoms with Crippen LogP contribution in [0.1, 0.15) is 25.3 Å². The van der Waals surface area contributed by atoms with Crippen molar-refractivity contribution in [1.82, 2.24) is 10.2 Å². The Morgan fingerprint density at radius 3 is 2.70 bits per heavy atom. The molecular formula is C13H17N5O2. The van der Waals surface area contributed by atoms with Crippen molar-refractivity contribution >= 4 is 18.0 Å². The third-order valence-corrected chi connectivity index (χ3v) is 2.99. The Bertz CT molecular complexity index is 536. The van der Waals surface area contributed by atoms with E-state index in [9.17, 15) is 10.1 Å². The Hall–Kier alpha value is -2.44. The molecule has 7 heteroatoms. The maximum absolute atomic E-state index is 10.4. The van der Waals surface area contributed by atoms with Crippen molar-refractivity contribution < 1.29 is 5.03 Å². The summed E-state index contributed by atoms with van der Waals surface area (Å²) in [6.07, 6.45) is 1.56. The molecule has 1 saturated heterocycles. The molecule has 1 aliphatic rings. The summed E-state index contributed by atoms with van der Waals surface area (Å²) in [6, 6.07) is 7.93. The molecule has 0 atom stereocenters. The number of rotatable bonds is 4. The van der Waals surface area contributed by atoms with Gasteiger partial charge in [-0.05, 0) is 23.6 Å². The first-order valence-corrected chi connectivity index (χ1v) is 6.44. The first kappa shape index (κ1) is 14.0. The topological polar surface area (TPSA) is 83.1 Å². The van der Waals surface area contributed by atoms with E-state index in [2.05, 4.69) is 29.3 Å². The molecule has 0 unspecified atom stereocenters. The molecule has 0 saturated carbocycles. The average molecular weight is 275 g/mol. The number of hydrazone groups is 1. The second-order valence-corrected chi connectivity index (χ2v) is 4.77. The monoisotopic (exact) mass is 275 g/mol. The van der Waals surface area contributed by atoms with Gasteiger partial charge in [-0.2, -0.15) is 0 Å². The van der Waals surface area contributed by atoms with Crippen molar-refractivity contribution in [2.24, 2.45) is 10.1 Å². The predicted molar refractivity (Wildman–Crippen MR) is 77.8 cm³/mol. The van der Waals surface area contributed by atoms with Gasteiger partial charge in [0.1, 0.15) is 5.10 Å². The highest BCUT2D eigenvalue weighted by atomic mass is 16.7. The van der Waals surface area contributed by atoms with Crippen LogP contribution < -0.4 is 5.32 Å². The Balaban J connectivity index is 2.07. The lowest BCUT2D eigenvalue weighted by atomic mass is 10.0. The van der Waals surface area contributed by atoms with E-state index < -0.39 is 5.03 Å². The van der Waals surface area contributed by atoms with Crippen LogP contribution in [0.2, 0.25) is 0 Å². The van der Waals surface area contributed by atoms with E-state index in [0.29, 0.717) is 19.0 Å². The predicted octanol–water partition coefficient (Wildman–Crippen LogP) is 1.92. The van der Waals surface area contributed by atoms with Crippen molar-refractivity contribution in [3.8, 4) is 0 Å². The van der Waals surface area contributed by atoms with Crippen molar-refractivity contribution in [2.45, 2.75) is 19.8 Å². The summed E-state index contributed by atoms with van der Waals surface area (Å²) in [4.78, 5) is 16.3. The highest BCUT2D eigenvalue weighted by Crippen LogP contribution is 2.18. The van der Waals surface area contributed by atoms with Crippen LogP contribution >= 0.6 is 0 Å². The van der Waals surface area contributed by atoms with Crippen LogP contribution in [-0.2, 0) is 0 Å². The van der Waals surface area contributed by atoms with Gasteiger partial charge in [0.15, 0.2) is 5.03 Å². The fourth-order valence-electron chi connectivity index (χ4n) is 1.86. The van der Waals surface area contributed by atoms with E-state index in [1.807, 2.05) is 24.3 Å². The summed E-state index contributed by atoms with van der Waals surface area (Å²) >= 11 is 0. The number of benzene rings is 1. The van der Waals surface area contributed by atoms with Crippen molar-refractivity contribution in [3.63, 3.8) is 0 Å². The lowest BCUT2D eigenvalue weighted by molar-refractivity contribution is -0.485. The number of nitrogens with one attached hydrogen (secondary N) is 1. The molecule has 106 valence electrons. The minimum atomic E-state index is -0.716. The first-order valence-electron chi connectivity index (χ1n) is 6.44. The number of hydrogen-bond acceptors (Lipinski definition) is 3. The SMILES string of the molecule is CC(C)c1ccc(/N=C/N2CCN/C2=N\[N+](=O)[O-])cc1. The van der Waals surface area contributed by atoms with Crippen LogP contribution in [0, 0.1) is 10.1 Å². The molecular weight excluding hydrogens is 258 g/mol. The molecule has 1 fully saturated rings. The normalized spacial score (nSPS) is 17.1. The zero-order valence-electron chi connectivity index (χ0n) is 11.5. The van der Waals surface area contributed by atoms with Crippen molar-refractivity contribution in [3.05, 3.63) is 39.9 Å². The third-order valence-electron chi connectivity index (χ3n) is 2.99. The Morgan fingerprint density at radius 2 is 2.10 bits per heavy atom. The molecule has 7 nitrogen and oxygen atoms in total. The third kappa shape index (κ3) is 3.53. The van der Waals surface area contributed by atoms with Gasteiger partial charge in [-0.3, -0.25) is 4.90 Å². The molecule has 1 aromatic carbocycles. The minimum absolute atomic E-state index is 0.220. The van der Waals surface area contributed by atoms with Gasteiger partial charge in [0, 0.05) is 13.1 Å². The molecule has 1 aromatic rings. The number of nitro groups is 1. The zero-order valence-corrected chi connectivity index (χ0v) is 11.5. The molecule has 2 rings (SSSR count). The lowest BCUT2D eigenvalue weighted by Gasteiger charge is -2.08. The van der Waals surface area contributed by atoms with Gasteiger partial charge in [0.05, 0.1) is 12.0 Å². The molecule has 1 N–H and O–H groups in total. The average Bonchev–Trinajstić information content (AvgIpc) is 2.83. The van der Waals surface area contributed by atoms with E-state index in [-0.39, 0.29) is 5.96 Å². The second-order valence-electron chi connectivity index (χ2n) is 4.77. The molecule has 0 spiro atoms. The van der Waals surface area contributed by atoms with Gasteiger partial charge in [-0.1, -0.05) is 26.0 Å². The van der Waals surface area contributed by atoms with Gasteiger partial charge >= 0.3 is 0 Å². The Morgan fingerprint density at radius 1 is 1.40 bits per heavy atom. The van der Waals surface area contributed by atoms with Crippen LogP contribution in [0.3, 0.4) is 0 Å². The van der Waals surface area contributed by atoms with Crippen LogP contribution in [-0.4, -0.2) is 35.3 Å². The van der Waals surface area contributed by atoms with E-state index in [1.165, 1.54) is 5.56 Å². The van der Waals surface area contributed by atoms with Crippen molar-refractivity contribution in [2.75, 3.05) is 13.1 Å². The van der Waals surface area contributed by atoms with E-state index in [1.54, 1.807) is 11.2 Å². The standard InChI is InChI=1S/C13H17N5O2/c1-10(2)11-3-5-12(6-4-11)15-9-17-8-7-14-13(17)16-18(19)20/h3-6,9-10H,7-8H2,1-2H3,(H,14,16)/b15-9+. The van der Waals surface area contributed by atoms with Gasteiger partial charge in [0.2, 0.25) is 0 Å². The molecule has 0 aliphatic carbocycles. The zero-order chi connectivity index (χ0) is 14.5. The van der Waals surface area contributed by atoms with Crippen LogP contribution in [0.15, 0.2) is 34.4 Å². The maximum atomic E-state index is 10.4. The quantitative estimate of drug-likeness (QED) is 0.394. The number of guanidine groups is 1. The largest absolute Gasteiger partial charge is 0.349 e. The van der Waals surface area contributed by atoms with E-state index in [4.69, 9.17) is 0 Å². The maximum Gasteiger partial charge on any atom is 0.276 e. The first-order chi connectivity index (χ1) is 9.56. The van der Waals surface area contributed by atoms with E-state index in [0.717, 1.165) is 5.69 Å². The molecule has 1 heterocycles. The van der Waals surface area contributed by atoms with E-state index >= 15 is 0 Å². The summed E-state index contributed by atoms with van der Waals surface area (Å²) in [5.74, 6) is 0.701. The highest BCUT2D eigenvalue weighted by Gasteiger charge is 2.19. The van der Waals surface area contributed by atoms with Gasteiger partial charge in [0.25, 0.3) is 5.96 Å². The Labute approximate surface area is 117 Å². The summed E-state index contributed by atoms with van der Waals surface area (Å²) in [5.41, 5.74) is 2.06. The molecule has 20 heavy (non-hydrogen) atoms. The fraction of sp³-hybridized carbons (Fsp3) is 0.385. The summed E-state index contributed by atoms with van der Waals surface area (Å²) in [5, 5.41) is 15.8. The highest BCUT2D eigenvalue weighted by molar-refractivity contribution is 5.92. The molecule has 0 radical (unpaired) electrons. The molecule has 0 aromatic heterocycles. The summed E-state index contributed by atoms with van der Waals surface area (Å²) in [7, 11) is 0. The van der Waals surface area contributed by atoms with Crippen LogP contribution in [0.4, 0.5) is 5.69 Å². The van der Waals surface area contributed by atoms with Gasteiger partial charge in [-0.25, -0.2) is 15.1 Å². The number of nitrogens with zero attached hydrogens (tertiary/aromatic N) is 4. The molecule has 1 aliphatic heterocycles. The lowest BCUT2D eigenvalue weighted by Crippen LogP contribution is -2.29. The van der Waals surface area contributed by atoms with Gasteiger partial charge < -0.3 is 5.32 Å². The fourth-order valence-corrected chi connectivity index (χ4v) is 1.86. The summed E-state index contributed by atoms with van der Waals surface area (Å²) < 4.78 is 0. The van der Waals surface area contributed by atoms with Crippen molar-refractivity contribution in [1.29, 1.82) is 0 Å². The minimum Gasteiger partial charge on any atom is -0.349 e.